The lowest BCUT2D eigenvalue weighted by Gasteiger charge is -2.26. The van der Waals surface area contributed by atoms with E-state index in [2.05, 4.69) is 29.1 Å². The van der Waals surface area contributed by atoms with Crippen molar-refractivity contribution in [2.75, 3.05) is 25.1 Å². The topological polar surface area (TPSA) is 81.8 Å². The molecule has 3 rings (SSSR count). The van der Waals surface area contributed by atoms with Crippen LogP contribution in [0.3, 0.4) is 0 Å². The molecule has 2 aromatic rings. The number of rotatable bonds is 4. The monoisotopic (exact) mass is 454 g/mol. The third-order valence-corrected chi connectivity index (χ3v) is 3.89. The molecule has 2 heterocycles. The first kappa shape index (κ1) is 19.3. The second-order valence-electron chi connectivity index (χ2n) is 6.28. The van der Waals surface area contributed by atoms with Gasteiger partial charge in [-0.05, 0) is 29.8 Å². The molecule has 7 heteroatoms. The van der Waals surface area contributed by atoms with Crippen molar-refractivity contribution in [1.82, 2.24) is 4.98 Å². The molecular formula is C18H23IN4O2. The minimum absolute atomic E-state index is 0. The van der Waals surface area contributed by atoms with Crippen LogP contribution >= 0.6 is 24.0 Å². The molecule has 0 aliphatic carbocycles. The number of hydrogen-bond acceptors (Lipinski definition) is 4. The van der Waals surface area contributed by atoms with Crippen molar-refractivity contribution in [3.05, 3.63) is 48.2 Å². The normalized spacial score (nSPS) is 13.8. The Bertz CT molecular complexity index is 735. The summed E-state index contributed by atoms with van der Waals surface area (Å²) in [7, 11) is 0. The highest BCUT2D eigenvalue weighted by molar-refractivity contribution is 14.0. The zero-order chi connectivity index (χ0) is 17.0. The molecule has 3 N–H and O–H groups in total. The minimum Gasteiger partial charge on any atom is -0.486 e. The van der Waals surface area contributed by atoms with Crippen LogP contribution in [0.15, 0.2) is 47.6 Å². The lowest BCUT2D eigenvalue weighted by atomic mass is 9.84. The van der Waals surface area contributed by atoms with E-state index in [1.54, 1.807) is 6.20 Å². The van der Waals surface area contributed by atoms with E-state index in [1.165, 1.54) is 0 Å². The van der Waals surface area contributed by atoms with Gasteiger partial charge in [-0.25, -0.2) is 4.98 Å². The Labute approximate surface area is 164 Å². The van der Waals surface area contributed by atoms with Crippen molar-refractivity contribution < 1.29 is 9.47 Å². The number of aliphatic imine (C=N–C) groups is 1. The number of ether oxygens (including phenoxy) is 2. The molecule has 0 amide bonds. The van der Waals surface area contributed by atoms with Gasteiger partial charge in [-0.2, -0.15) is 0 Å². The van der Waals surface area contributed by atoms with Gasteiger partial charge in [0.1, 0.15) is 19.0 Å². The largest absolute Gasteiger partial charge is 0.486 e. The predicted octanol–water partition coefficient (Wildman–Crippen LogP) is 3.18. The number of guanidine groups is 1. The fourth-order valence-corrected chi connectivity index (χ4v) is 2.45. The first-order chi connectivity index (χ1) is 11.5. The average Bonchev–Trinajstić information content (AvgIpc) is 2.60. The van der Waals surface area contributed by atoms with Crippen LogP contribution in [-0.4, -0.2) is 30.7 Å². The van der Waals surface area contributed by atoms with Gasteiger partial charge in [0.15, 0.2) is 17.5 Å². The maximum atomic E-state index is 5.96. The maximum Gasteiger partial charge on any atom is 0.194 e. The summed E-state index contributed by atoms with van der Waals surface area (Å²) in [6.07, 6.45) is 1.70. The Balaban J connectivity index is 0.00000225. The van der Waals surface area contributed by atoms with Crippen LogP contribution in [0.2, 0.25) is 0 Å². The molecule has 0 spiro atoms. The summed E-state index contributed by atoms with van der Waals surface area (Å²) < 4.78 is 11.2. The number of benzene rings is 1. The predicted molar refractivity (Wildman–Crippen MR) is 110 cm³/mol. The second-order valence-corrected chi connectivity index (χ2v) is 6.28. The number of pyridine rings is 1. The summed E-state index contributed by atoms with van der Waals surface area (Å²) >= 11 is 0. The highest BCUT2D eigenvalue weighted by Gasteiger charge is 2.23. The van der Waals surface area contributed by atoms with Crippen LogP contribution < -0.4 is 20.5 Å². The van der Waals surface area contributed by atoms with Crippen LogP contribution in [-0.2, 0) is 5.41 Å². The summed E-state index contributed by atoms with van der Waals surface area (Å²) in [4.78, 5) is 8.62. The summed E-state index contributed by atoms with van der Waals surface area (Å²) in [6, 6.07) is 11.6. The van der Waals surface area contributed by atoms with E-state index in [9.17, 15) is 0 Å². The lowest BCUT2D eigenvalue weighted by molar-refractivity contribution is 0.171. The number of nitrogens with two attached hydrogens (primary N) is 1. The molecule has 1 aliphatic rings. The molecule has 0 radical (unpaired) electrons. The van der Waals surface area contributed by atoms with Gasteiger partial charge in [0.05, 0.1) is 6.54 Å². The molecule has 6 nitrogen and oxygen atoms in total. The fraction of sp³-hybridized carbons (Fsp3) is 0.333. The number of aromatic nitrogens is 1. The summed E-state index contributed by atoms with van der Waals surface area (Å²) in [5, 5.41) is 2.99. The van der Waals surface area contributed by atoms with Gasteiger partial charge in [0, 0.05) is 11.6 Å². The molecule has 0 unspecified atom stereocenters. The molecule has 0 saturated carbocycles. The Kier molecular flexibility index (Phi) is 6.46. The number of fused-ring (bicyclic) bond motifs is 1. The molecule has 134 valence electrons. The zero-order valence-electron chi connectivity index (χ0n) is 14.4. The van der Waals surface area contributed by atoms with Gasteiger partial charge in [-0.3, -0.25) is 4.99 Å². The quantitative estimate of drug-likeness (QED) is 0.422. The average molecular weight is 454 g/mol. The van der Waals surface area contributed by atoms with Crippen LogP contribution in [0, 0.1) is 0 Å². The number of halogens is 1. The van der Waals surface area contributed by atoms with Gasteiger partial charge in [-0.15, -0.1) is 24.0 Å². The molecule has 25 heavy (non-hydrogen) atoms. The number of anilines is 1. The standard InChI is InChI=1S/C18H22N4O2.HI/c1-18(2,12-21-17(19)22-16-5-3-4-8-20-16)13-6-7-14-15(11-13)24-10-9-23-14;/h3-8,11H,9-10,12H2,1-2H3,(H3,19,20,21,22);1H. The Morgan fingerprint density at radius 3 is 2.68 bits per heavy atom. The molecule has 0 bridgehead atoms. The van der Waals surface area contributed by atoms with Crippen molar-refractivity contribution in [3.8, 4) is 11.5 Å². The van der Waals surface area contributed by atoms with Crippen LogP contribution in [0.1, 0.15) is 19.4 Å². The summed E-state index contributed by atoms with van der Waals surface area (Å²) in [6.45, 7) is 5.95. The number of nitrogens with one attached hydrogen (secondary N) is 1. The smallest absolute Gasteiger partial charge is 0.194 e. The van der Waals surface area contributed by atoms with Crippen molar-refractivity contribution in [1.29, 1.82) is 0 Å². The molecule has 0 atom stereocenters. The van der Waals surface area contributed by atoms with Gasteiger partial charge in [-0.1, -0.05) is 26.0 Å². The van der Waals surface area contributed by atoms with Crippen molar-refractivity contribution in [2.24, 2.45) is 10.7 Å². The van der Waals surface area contributed by atoms with Crippen LogP contribution in [0.4, 0.5) is 5.82 Å². The molecule has 1 aromatic heterocycles. The lowest BCUT2D eigenvalue weighted by Crippen LogP contribution is -2.28. The Morgan fingerprint density at radius 2 is 1.96 bits per heavy atom. The SMILES string of the molecule is CC(C)(CN=C(N)Nc1ccccn1)c1ccc2c(c1)OCCO2.I. The van der Waals surface area contributed by atoms with E-state index in [1.807, 2.05) is 36.4 Å². The van der Waals surface area contributed by atoms with Gasteiger partial charge >= 0.3 is 0 Å². The van der Waals surface area contributed by atoms with Gasteiger partial charge < -0.3 is 20.5 Å². The van der Waals surface area contributed by atoms with E-state index < -0.39 is 0 Å². The van der Waals surface area contributed by atoms with E-state index in [0.29, 0.717) is 31.5 Å². The maximum absolute atomic E-state index is 5.96. The summed E-state index contributed by atoms with van der Waals surface area (Å²) in [5.41, 5.74) is 6.89. The molecule has 1 aromatic carbocycles. The van der Waals surface area contributed by atoms with E-state index in [4.69, 9.17) is 15.2 Å². The first-order valence-corrected chi connectivity index (χ1v) is 7.93. The highest BCUT2D eigenvalue weighted by atomic mass is 127. The highest BCUT2D eigenvalue weighted by Crippen LogP contribution is 2.35. The number of hydrogen-bond donors (Lipinski definition) is 2. The van der Waals surface area contributed by atoms with Gasteiger partial charge in [0.25, 0.3) is 0 Å². The summed E-state index contributed by atoms with van der Waals surface area (Å²) in [5.74, 6) is 2.60. The minimum atomic E-state index is -0.188. The van der Waals surface area contributed by atoms with E-state index >= 15 is 0 Å². The third-order valence-electron chi connectivity index (χ3n) is 3.89. The van der Waals surface area contributed by atoms with Crippen LogP contribution in [0.5, 0.6) is 11.5 Å². The van der Waals surface area contributed by atoms with E-state index in [0.717, 1.165) is 17.1 Å². The Hall–Kier alpha value is -2.03. The molecule has 1 aliphatic heterocycles. The third kappa shape index (κ3) is 4.97. The van der Waals surface area contributed by atoms with Crippen LogP contribution in [0.25, 0.3) is 0 Å². The van der Waals surface area contributed by atoms with Crippen molar-refractivity contribution >= 4 is 35.8 Å². The molecule has 0 saturated heterocycles. The molecule has 0 fully saturated rings. The number of nitrogens with zero attached hydrogens (tertiary/aromatic N) is 2. The molecular weight excluding hydrogens is 431 g/mol. The fourth-order valence-electron chi connectivity index (χ4n) is 2.45. The zero-order valence-corrected chi connectivity index (χ0v) is 16.7. The van der Waals surface area contributed by atoms with Crippen molar-refractivity contribution in [3.63, 3.8) is 0 Å². The van der Waals surface area contributed by atoms with Crippen molar-refractivity contribution in [2.45, 2.75) is 19.3 Å². The second kappa shape index (κ2) is 8.37. The first-order valence-electron chi connectivity index (χ1n) is 7.93. The van der Waals surface area contributed by atoms with E-state index in [-0.39, 0.29) is 29.4 Å². The van der Waals surface area contributed by atoms with Gasteiger partial charge in [0.2, 0.25) is 0 Å². The Morgan fingerprint density at radius 1 is 1.20 bits per heavy atom.